The standard InChI is InChI=1S/C15H25N3OS/c1-4-12-6-7-13(20-12)8-17-14(16-5-2)18-9-15(3)10-19-11-15/h6-7H,4-5,8-11H2,1-3H3,(H2,16,17,18). The van der Waals surface area contributed by atoms with Crippen molar-refractivity contribution in [1.82, 2.24) is 10.6 Å². The smallest absolute Gasteiger partial charge is 0.191 e. The molecule has 0 atom stereocenters. The molecule has 5 heteroatoms. The van der Waals surface area contributed by atoms with Crippen LogP contribution in [0.25, 0.3) is 0 Å². The molecule has 0 aliphatic carbocycles. The minimum atomic E-state index is 0.258. The average molecular weight is 295 g/mol. The molecule has 0 spiro atoms. The number of rotatable bonds is 6. The lowest BCUT2D eigenvalue weighted by Gasteiger charge is -2.38. The Morgan fingerprint density at radius 2 is 2.05 bits per heavy atom. The van der Waals surface area contributed by atoms with Gasteiger partial charge in [0.15, 0.2) is 5.96 Å². The molecule has 0 saturated carbocycles. The van der Waals surface area contributed by atoms with Crippen molar-refractivity contribution in [2.75, 3.05) is 26.3 Å². The molecule has 1 aliphatic heterocycles. The lowest BCUT2D eigenvalue weighted by atomic mass is 9.89. The lowest BCUT2D eigenvalue weighted by molar-refractivity contribution is -0.0971. The summed E-state index contributed by atoms with van der Waals surface area (Å²) in [6, 6.07) is 4.38. The van der Waals surface area contributed by atoms with Crippen molar-refractivity contribution in [3.05, 3.63) is 21.9 Å². The molecule has 1 fully saturated rings. The van der Waals surface area contributed by atoms with Crippen LogP contribution in [0.5, 0.6) is 0 Å². The minimum Gasteiger partial charge on any atom is -0.380 e. The van der Waals surface area contributed by atoms with E-state index in [0.717, 1.165) is 45.2 Å². The van der Waals surface area contributed by atoms with Gasteiger partial charge in [0.1, 0.15) is 0 Å². The van der Waals surface area contributed by atoms with E-state index in [-0.39, 0.29) is 5.41 Å². The van der Waals surface area contributed by atoms with Crippen molar-refractivity contribution in [3.63, 3.8) is 0 Å². The fourth-order valence-electron chi connectivity index (χ4n) is 2.05. The molecule has 2 rings (SSSR count). The first-order valence-electron chi connectivity index (χ1n) is 7.33. The summed E-state index contributed by atoms with van der Waals surface area (Å²) in [5.41, 5.74) is 0.258. The molecule has 0 amide bonds. The van der Waals surface area contributed by atoms with Gasteiger partial charge in [0.25, 0.3) is 0 Å². The van der Waals surface area contributed by atoms with Crippen LogP contribution in [-0.4, -0.2) is 32.3 Å². The van der Waals surface area contributed by atoms with Gasteiger partial charge in [-0.05, 0) is 25.5 Å². The number of aliphatic imine (C=N–C) groups is 1. The van der Waals surface area contributed by atoms with Crippen LogP contribution < -0.4 is 10.6 Å². The van der Waals surface area contributed by atoms with Crippen LogP contribution in [0.2, 0.25) is 0 Å². The number of thiophene rings is 1. The quantitative estimate of drug-likeness (QED) is 0.626. The number of hydrogen-bond acceptors (Lipinski definition) is 3. The number of ether oxygens (including phenoxy) is 1. The third-order valence-corrected chi connectivity index (χ3v) is 4.60. The molecule has 0 aromatic carbocycles. The number of nitrogens with one attached hydrogen (secondary N) is 2. The number of hydrogen-bond donors (Lipinski definition) is 2. The van der Waals surface area contributed by atoms with Gasteiger partial charge >= 0.3 is 0 Å². The zero-order valence-corrected chi connectivity index (χ0v) is 13.5. The van der Waals surface area contributed by atoms with Crippen molar-refractivity contribution in [3.8, 4) is 0 Å². The Morgan fingerprint density at radius 3 is 2.60 bits per heavy atom. The van der Waals surface area contributed by atoms with Crippen molar-refractivity contribution >= 4 is 17.3 Å². The largest absolute Gasteiger partial charge is 0.380 e. The molecule has 20 heavy (non-hydrogen) atoms. The van der Waals surface area contributed by atoms with Gasteiger partial charge in [-0.1, -0.05) is 13.8 Å². The summed E-state index contributed by atoms with van der Waals surface area (Å²) in [6.07, 6.45) is 1.10. The zero-order chi connectivity index (χ0) is 14.4. The molecular weight excluding hydrogens is 270 g/mol. The van der Waals surface area contributed by atoms with E-state index in [2.05, 4.69) is 48.5 Å². The molecule has 1 aromatic heterocycles. The summed E-state index contributed by atoms with van der Waals surface area (Å²) in [4.78, 5) is 7.40. The number of nitrogens with zero attached hydrogens (tertiary/aromatic N) is 1. The second-order valence-corrected chi connectivity index (χ2v) is 6.83. The van der Waals surface area contributed by atoms with Crippen LogP contribution in [0.1, 0.15) is 30.5 Å². The Morgan fingerprint density at radius 1 is 1.30 bits per heavy atom. The van der Waals surface area contributed by atoms with Crippen LogP contribution >= 0.6 is 11.3 Å². The second kappa shape index (κ2) is 7.09. The van der Waals surface area contributed by atoms with Gasteiger partial charge in [0.2, 0.25) is 0 Å². The topological polar surface area (TPSA) is 45.7 Å². The third kappa shape index (κ3) is 4.21. The molecule has 0 bridgehead atoms. The zero-order valence-electron chi connectivity index (χ0n) is 12.7. The molecular formula is C15H25N3OS. The molecule has 1 saturated heterocycles. The third-order valence-electron chi connectivity index (χ3n) is 3.39. The monoisotopic (exact) mass is 295 g/mol. The Bertz CT molecular complexity index is 452. The summed E-state index contributed by atoms with van der Waals surface area (Å²) in [6.45, 7) is 10.7. The van der Waals surface area contributed by atoms with Crippen LogP contribution in [0.4, 0.5) is 0 Å². The summed E-state index contributed by atoms with van der Waals surface area (Å²) in [5, 5.41) is 6.71. The maximum Gasteiger partial charge on any atom is 0.191 e. The van der Waals surface area contributed by atoms with E-state index < -0.39 is 0 Å². The fourth-order valence-corrected chi connectivity index (χ4v) is 2.93. The average Bonchev–Trinajstić information content (AvgIpc) is 2.88. The SMILES string of the molecule is CCNC(=NCc1ccc(CC)s1)NCC1(C)COC1. The van der Waals surface area contributed by atoms with E-state index in [0.29, 0.717) is 0 Å². The first-order chi connectivity index (χ1) is 9.65. The summed E-state index contributed by atoms with van der Waals surface area (Å²) in [5.74, 6) is 0.895. The molecule has 1 aliphatic rings. The van der Waals surface area contributed by atoms with E-state index in [9.17, 15) is 0 Å². The Labute approximate surface area is 125 Å². The van der Waals surface area contributed by atoms with Gasteiger partial charge in [-0.15, -0.1) is 11.3 Å². The number of aryl methyl sites for hydroxylation is 1. The lowest BCUT2D eigenvalue weighted by Crippen LogP contribution is -2.51. The Hall–Kier alpha value is -1.07. The Balaban J connectivity index is 1.87. The number of guanidine groups is 1. The van der Waals surface area contributed by atoms with Gasteiger partial charge < -0.3 is 15.4 Å². The summed E-state index contributed by atoms with van der Waals surface area (Å²) in [7, 11) is 0. The second-order valence-electron chi connectivity index (χ2n) is 5.57. The summed E-state index contributed by atoms with van der Waals surface area (Å²) < 4.78 is 5.28. The van der Waals surface area contributed by atoms with Crippen molar-refractivity contribution in [2.45, 2.75) is 33.7 Å². The van der Waals surface area contributed by atoms with Crippen molar-refractivity contribution < 1.29 is 4.74 Å². The predicted octanol–water partition coefficient (Wildman–Crippen LogP) is 2.40. The first-order valence-corrected chi connectivity index (χ1v) is 8.14. The normalized spacial score (nSPS) is 17.6. The highest BCUT2D eigenvalue weighted by Crippen LogP contribution is 2.25. The predicted molar refractivity (Wildman–Crippen MR) is 85.4 cm³/mol. The van der Waals surface area contributed by atoms with E-state index >= 15 is 0 Å². The molecule has 0 radical (unpaired) electrons. The first kappa shape index (κ1) is 15.3. The van der Waals surface area contributed by atoms with Gasteiger partial charge in [0.05, 0.1) is 19.8 Å². The van der Waals surface area contributed by atoms with Crippen LogP contribution in [0.15, 0.2) is 17.1 Å². The van der Waals surface area contributed by atoms with E-state index in [1.54, 1.807) is 0 Å². The van der Waals surface area contributed by atoms with E-state index in [4.69, 9.17) is 4.74 Å². The Kier molecular flexibility index (Phi) is 5.43. The highest BCUT2D eigenvalue weighted by molar-refractivity contribution is 7.11. The van der Waals surface area contributed by atoms with Crippen LogP contribution in [-0.2, 0) is 17.7 Å². The van der Waals surface area contributed by atoms with Crippen LogP contribution in [0, 0.1) is 5.41 Å². The highest BCUT2D eigenvalue weighted by Gasteiger charge is 2.33. The molecule has 0 unspecified atom stereocenters. The van der Waals surface area contributed by atoms with Crippen molar-refractivity contribution in [1.29, 1.82) is 0 Å². The van der Waals surface area contributed by atoms with Crippen molar-refractivity contribution in [2.24, 2.45) is 10.4 Å². The summed E-state index contributed by atoms with van der Waals surface area (Å²) >= 11 is 1.85. The highest BCUT2D eigenvalue weighted by atomic mass is 32.1. The molecule has 1 aromatic rings. The van der Waals surface area contributed by atoms with Gasteiger partial charge in [-0.3, -0.25) is 0 Å². The molecule has 2 N–H and O–H groups in total. The van der Waals surface area contributed by atoms with E-state index in [1.165, 1.54) is 9.75 Å². The van der Waals surface area contributed by atoms with E-state index in [1.807, 2.05) is 11.3 Å². The van der Waals surface area contributed by atoms with Crippen LogP contribution in [0.3, 0.4) is 0 Å². The maximum atomic E-state index is 5.28. The van der Waals surface area contributed by atoms with Gasteiger partial charge in [-0.25, -0.2) is 4.99 Å². The maximum absolute atomic E-state index is 5.28. The molecule has 4 nitrogen and oxygen atoms in total. The fraction of sp³-hybridized carbons (Fsp3) is 0.667. The van der Waals surface area contributed by atoms with Gasteiger partial charge in [0, 0.05) is 28.3 Å². The minimum absolute atomic E-state index is 0.258. The molecule has 112 valence electrons. The van der Waals surface area contributed by atoms with Gasteiger partial charge in [-0.2, -0.15) is 0 Å². The molecule has 2 heterocycles.